The molecule has 3 heteroatoms. The van der Waals surface area contributed by atoms with Crippen LogP contribution in [-0.4, -0.2) is 36.9 Å². The minimum atomic E-state index is 0.00515. The monoisotopic (exact) mass is 300 g/mol. The number of aliphatic hydroxyl groups is 1. The van der Waals surface area contributed by atoms with Crippen molar-refractivity contribution >= 4 is 10.8 Å². The molecule has 0 unspecified atom stereocenters. The smallest absolute Gasteiger partial charge is 0.0556 e. The molecule has 0 radical (unpaired) electrons. The maximum Gasteiger partial charge on any atom is 0.0556 e. The Hall–Kier alpha value is -1.42. The Morgan fingerprint density at radius 2 is 1.73 bits per heavy atom. The van der Waals surface area contributed by atoms with Crippen molar-refractivity contribution in [3.05, 3.63) is 48.0 Å². The molecule has 1 saturated heterocycles. The van der Waals surface area contributed by atoms with Gasteiger partial charge in [0.25, 0.3) is 0 Å². The molecule has 3 nitrogen and oxygen atoms in total. The molecule has 3 rings (SSSR count). The Morgan fingerprint density at radius 3 is 2.32 bits per heavy atom. The number of aliphatic hydroxyl groups excluding tert-OH is 1. The molecule has 2 aromatic rings. The summed E-state index contributed by atoms with van der Waals surface area (Å²) in [6.45, 7) is 7.65. The van der Waals surface area contributed by atoms with Crippen LogP contribution in [0.3, 0.4) is 0 Å². The minimum absolute atomic E-state index is 0.00515. The van der Waals surface area contributed by atoms with E-state index in [1.165, 1.54) is 35.8 Å². The van der Waals surface area contributed by atoms with Crippen molar-refractivity contribution in [2.45, 2.75) is 32.2 Å². The first-order valence-corrected chi connectivity index (χ1v) is 8.15. The van der Waals surface area contributed by atoms with Crippen molar-refractivity contribution < 1.29 is 5.11 Å². The van der Waals surface area contributed by atoms with Gasteiger partial charge in [-0.1, -0.05) is 42.5 Å². The van der Waals surface area contributed by atoms with Crippen molar-refractivity contribution in [2.75, 3.05) is 26.2 Å². The van der Waals surface area contributed by atoms with Crippen LogP contribution in [0.4, 0.5) is 0 Å². The molecule has 2 aromatic carbocycles. The Bertz CT molecular complexity index is 572. The van der Waals surface area contributed by atoms with Crippen molar-refractivity contribution in [3.63, 3.8) is 0 Å². The SMILES string of the molecule is C1CNC1.CC(C)(Cc1ccc2ccccc2c1)NCCO. The third kappa shape index (κ3) is 5.41. The Labute approximate surface area is 133 Å². The van der Waals surface area contributed by atoms with Crippen molar-refractivity contribution in [3.8, 4) is 0 Å². The van der Waals surface area contributed by atoms with Gasteiger partial charge in [0, 0.05) is 12.1 Å². The zero-order chi connectivity index (χ0) is 15.8. The average Bonchev–Trinajstić information content (AvgIpc) is 2.43. The van der Waals surface area contributed by atoms with E-state index >= 15 is 0 Å². The molecule has 0 saturated carbocycles. The topological polar surface area (TPSA) is 44.3 Å². The van der Waals surface area contributed by atoms with Crippen LogP contribution < -0.4 is 10.6 Å². The Morgan fingerprint density at radius 1 is 1.09 bits per heavy atom. The fourth-order valence-electron chi connectivity index (χ4n) is 2.49. The molecular formula is C19H28N2O. The molecule has 0 bridgehead atoms. The Balaban J connectivity index is 0.000000381. The zero-order valence-electron chi connectivity index (χ0n) is 13.7. The van der Waals surface area contributed by atoms with E-state index in [4.69, 9.17) is 5.11 Å². The van der Waals surface area contributed by atoms with Crippen LogP contribution in [0.1, 0.15) is 25.8 Å². The van der Waals surface area contributed by atoms with Crippen LogP contribution in [0.5, 0.6) is 0 Å². The third-order valence-electron chi connectivity index (χ3n) is 3.88. The zero-order valence-corrected chi connectivity index (χ0v) is 13.7. The van der Waals surface area contributed by atoms with E-state index in [1.54, 1.807) is 0 Å². The number of hydrogen-bond donors (Lipinski definition) is 3. The largest absolute Gasteiger partial charge is 0.395 e. The maximum atomic E-state index is 8.87. The van der Waals surface area contributed by atoms with E-state index in [0.29, 0.717) is 6.54 Å². The summed E-state index contributed by atoms with van der Waals surface area (Å²) in [6, 6.07) is 15.0. The summed E-state index contributed by atoms with van der Waals surface area (Å²) in [7, 11) is 0. The van der Waals surface area contributed by atoms with Gasteiger partial charge in [0.15, 0.2) is 0 Å². The lowest BCUT2D eigenvalue weighted by molar-refractivity contribution is 0.265. The molecule has 1 heterocycles. The van der Waals surface area contributed by atoms with Gasteiger partial charge in [0.2, 0.25) is 0 Å². The van der Waals surface area contributed by atoms with Gasteiger partial charge in [0.1, 0.15) is 0 Å². The molecule has 22 heavy (non-hydrogen) atoms. The molecular weight excluding hydrogens is 272 g/mol. The first-order chi connectivity index (χ1) is 10.6. The lowest BCUT2D eigenvalue weighted by atomic mass is 9.93. The van der Waals surface area contributed by atoms with Crippen LogP contribution >= 0.6 is 0 Å². The number of fused-ring (bicyclic) bond motifs is 1. The van der Waals surface area contributed by atoms with Crippen LogP contribution in [-0.2, 0) is 6.42 Å². The van der Waals surface area contributed by atoms with E-state index < -0.39 is 0 Å². The highest BCUT2D eigenvalue weighted by Gasteiger charge is 2.17. The summed E-state index contributed by atoms with van der Waals surface area (Å²) in [5.74, 6) is 0. The van der Waals surface area contributed by atoms with Gasteiger partial charge in [0.05, 0.1) is 6.61 Å². The molecule has 0 aliphatic carbocycles. The number of benzene rings is 2. The molecule has 3 N–H and O–H groups in total. The summed E-state index contributed by atoms with van der Waals surface area (Å²) >= 11 is 0. The van der Waals surface area contributed by atoms with Gasteiger partial charge < -0.3 is 15.7 Å². The second-order valence-corrected chi connectivity index (χ2v) is 6.50. The quantitative estimate of drug-likeness (QED) is 0.795. The summed E-state index contributed by atoms with van der Waals surface area (Å²) in [5.41, 5.74) is 1.33. The summed E-state index contributed by atoms with van der Waals surface area (Å²) in [6.07, 6.45) is 2.35. The summed E-state index contributed by atoms with van der Waals surface area (Å²) < 4.78 is 0. The average molecular weight is 300 g/mol. The fourth-order valence-corrected chi connectivity index (χ4v) is 2.49. The highest BCUT2D eigenvalue weighted by atomic mass is 16.3. The number of nitrogens with one attached hydrogen (secondary N) is 2. The van der Waals surface area contributed by atoms with E-state index in [9.17, 15) is 0 Å². The molecule has 0 aromatic heterocycles. The van der Waals surface area contributed by atoms with Gasteiger partial charge in [-0.25, -0.2) is 0 Å². The predicted molar refractivity (Wildman–Crippen MR) is 94.3 cm³/mol. The first-order valence-electron chi connectivity index (χ1n) is 8.15. The number of β-amino-alcohol motifs (C(OH)–C–C–N with tert-alkyl or cyclic N) is 1. The standard InChI is InChI=1S/C16H21NO.C3H7N/c1-16(2,17-9-10-18)12-13-7-8-14-5-3-4-6-15(14)11-13;1-2-4-3-1/h3-8,11,17-18H,9-10,12H2,1-2H3;4H,1-3H2. The number of rotatable bonds is 5. The lowest BCUT2D eigenvalue weighted by Crippen LogP contribution is -2.42. The van der Waals surface area contributed by atoms with Crippen molar-refractivity contribution in [2.24, 2.45) is 0 Å². The third-order valence-corrected chi connectivity index (χ3v) is 3.88. The van der Waals surface area contributed by atoms with Crippen molar-refractivity contribution in [1.82, 2.24) is 10.6 Å². The molecule has 0 amide bonds. The normalized spacial score (nSPS) is 14.1. The van der Waals surface area contributed by atoms with Gasteiger partial charge in [-0.3, -0.25) is 0 Å². The molecule has 1 aliphatic rings. The summed E-state index contributed by atoms with van der Waals surface area (Å²) in [5, 5.41) is 17.9. The van der Waals surface area contributed by atoms with Gasteiger partial charge in [-0.15, -0.1) is 0 Å². The molecule has 120 valence electrons. The van der Waals surface area contributed by atoms with Crippen LogP contribution in [0.2, 0.25) is 0 Å². The molecule has 1 aliphatic heterocycles. The van der Waals surface area contributed by atoms with E-state index in [1.807, 2.05) is 0 Å². The second kappa shape index (κ2) is 8.28. The molecule has 1 fully saturated rings. The summed E-state index contributed by atoms with van der Waals surface area (Å²) in [4.78, 5) is 0. The van der Waals surface area contributed by atoms with Crippen LogP contribution in [0.25, 0.3) is 10.8 Å². The van der Waals surface area contributed by atoms with Gasteiger partial charge >= 0.3 is 0 Å². The van der Waals surface area contributed by atoms with Crippen LogP contribution in [0, 0.1) is 0 Å². The van der Waals surface area contributed by atoms with E-state index in [0.717, 1.165) is 6.42 Å². The van der Waals surface area contributed by atoms with E-state index in [-0.39, 0.29) is 12.1 Å². The number of hydrogen-bond acceptors (Lipinski definition) is 3. The minimum Gasteiger partial charge on any atom is -0.395 e. The predicted octanol–water partition coefficient (Wildman–Crippen LogP) is 2.72. The first kappa shape index (κ1) is 16.9. The van der Waals surface area contributed by atoms with Crippen LogP contribution in [0.15, 0.2) is 42.5 Å². The molecule has 0 spiro atoms. The molecule has 0 atom stereocenters. The van der Waals surface area contributed by atoms with Gasteiger partial charge in [-0.2, -0.15) is 0 Å². The highest BCUT2D eigenvalue weighted by molar-refractivity contribution is 5.83. The Kier molecular flexibility index (Phi) is 6.37. The fraction of sp³-hybridized carbons (Fsp3) is 0.474. The van der Waals surface area contributed by atoms with Crippen molar-refractivity contribution in [1.29, 1.82) is 0 Å². The lowest BCUT2D eigenvalue weighted by Gasteiger charge is -2.26. The van der Waals surface area contributed by atoms with Gasteiger partial charge in [-0.05, 0) is 56.1 Å². The van der Waals surface area contributed by atoms with E-state index in [2.05, 4.69) is 66.9 Å². The second-order valence-electron chi connectivity index (χ2n) is 6.50. The highest BCUT2D eigenvalue weighted by Crippen LogP contribution is 2.19. The maximum absolute atomic E-state index is 8.87.